The van der Waals surface area contributed by atoms with Crippen molar-refractivity contribution in [2.75, 3.05) is 19.4 Å². The average molecular weight is 343 g/mol. The van der Waals surface area contributed by atoms with E-state index in [-0.39, 0.29) is 5.91 Å². The first kappa shape index (κ1) is 18.4. The predicted octanol–water partition coefficient (Wildman–Crippen LogP) is 3.90. The lowest BCUT2D eigenvalue weighted by Crippen LogP contribution is -2.27. The van der Waals surface area contributed by atoms with Crippen molar-refractivity contribution in [1.29, 1.82) is 0 Å². The van der Waals surface area contributed by atoms with E-state index in [0.717, 1.165) is 28.4 Å². The third kappa shape index (κ3) is 5.60. The molecule has 0 spiro atoms. The van der Waals surface area contributed by atoms with Crippen molar-refractivity contribution >= 4 is 17.7 Å². The second-order valence-electron chi connectivity index (χ2n) is 5.81. The molecule has 1 amide bonds. The van der Waals surface area contributed by atoms with Crippen molar-refractivity contribution < 1.29 is 9.53 Å². The minimum absolute atomic E-state index is 0.0658. The summed E-state index contributed by atoms with van der Waals surface area (Å²) in [6.07, 6.45) is 0.410. The molecule has 0 bridgehead atoms. The maximum Gasteiger partial charge on any atom is 0.224 e. The summed E-state index contributed by atoms with van der Waals surface area (Å²) in [5, 5.41) is 2.99. The molecule has 3 nitrogen and oxygen atoms in total. The number of thioether (sulfide) groups is 1. The van der Waals surface area contributed by atoms with Crippen molar-refractivity contribution in [3.63, 3.8) is 0 Å². The minimum atomic E-state index is 0.0658. The summed E-state index contributed by atoms with van der Waals surface area (Å²) < 4.78 is 5.24. The quantitative estimate of drug-likeness (QED) is 0.739. The Kier molecular flexibility index (Phi) is 7.19. The normalized spacial score (nSPS) is 10.5. The van der Waals surface area contributed by atoms with Crippen LogP contribution in [0, 0.1) is 13.8 Å². The van der Waals surface area contributed by atoms with Gasteiger partial charge in [0.25, 0.3) is 0 Å². The van der Waals surface area contributed by atoms with E-state index in [1.54, 1.807) is 7.11 Å². The number of rotatable bonds is 8. The smallest absolute Gasteiger partial charge is 0.224 e. The number of methoxy groups -OCH3 is 1. The molecular formula is C20H25NO2S. The highest BCUT2D eigenvalue weighted by atomic mass is 32.2. The molecule has 2 aromatic carbocycles. The monoisotopic (exact) mass is 343 g/mol. The zero-order chi connectivity index (χ0) is 17.4. The summed E-state index contributed by atoms with van der Waals surface area (Å²) >= 11 is 1.84. The Balaban J connectivity index is 1.68. The van der Waals surface area contributed by atoms with E-state index in [1.807, 2.05) is 36.9 Å². The Labute approximate surface area is 148 Å². The summed E-state index contributed by atoms with van der Waals surface area (Å²) in [5.74, 6) is 2.82. The standard InChI is InChI=1S/C20H25NO2S/c1-15-6-4-5-7-18(15)14-24-11-10-21-20(22)13-17-8-9-19(23-3)16(2)12-17/h4-9,12H,10-11,13-14H2,1-3H3,(H,21,22). The number of aryl methyl sites for hydroxylation is 2. The molecule has 2 rings (SSSR count). The molecule has 0 aliphatic heterocycles. The first-order chi connectivity index (χ1) is 11.6. The molecule has 1 N–H and O–H groups in total. The molecule has 0 heterocycles. The number of ether oxygens (including phenoxy) is 1. The lowest BCUT2D eigenvalue weighted by molar-refractivity contribution is -0.120. The largest absolute Gasteiger partial charge is 0.496 e. The van der Waals surface area contributed by atoms with Crippen LogP contribution in [0.1, 0.15) is 22.3 Å². The number of amides is 1. The van der Waals surface area contributed by atoms with Gasteiger partial charge in [0.05, 0.1) is 13.5 Å². The van der Waals surface area contributed by atoms with Crippen LogP contribution in [0.3, 0.4) is 0 Å². The Hall–Kier alpha value is -1.94. The summed E-state index contributed by atoms with van der Waals surface area (Å²) in [5.41, 5.74) is 4.75. The van der Waals surface area contributed by atoms with E-state index in [9.17, 15) is 4.79 Å². The summed E-state index contributed by atoms with van der Waals surface area (Å²) in [7, 11) is 1.66. The number of carbonyl (C=O) groups excluding carboxylic acids is 1. The predicted molar refractivity (Wildman–Crippen MR) is 102 cm³/mol. The number of nitrogens with one attached hydrogen (secondary N) is 1. The molecule has 0 saturated carbocycles. The first-order valence-electron chi connectivity index (χ1n) is 8.12. The van der Waals surface area contributed by atoms with Gasteiger partial charge in [-0.05, 0) is 42.2 Å². The molecule has 0 aliphatic rings. The molecule has 24 heavy (non-hydrogen) atoms. The average Bonchev–Trinajstić information content (AvgIpc) is 2.56. The maximum absolute atomic E-state index is 12.0. The van der Waals surface area contributed by atoms with Crippen LogP contribution < -0.4 is 10.1 Å². The third-order valence-corrected chi connectivity index (χ3v) is 4.92. The van der Waals surface area contributed by atoms with Gasteiger partial charge in [0.1, 0.15) is 5.75 Å². The van der Waals surface area contributed by atoms with Gasteiger partial charge in [-0.2, -0.15) is 11.8 Å². The number of hydrogen-bond donors (Lipinski definition) is 1. The van der Waals surface area contributed by atoms with Gasteiger partial charge in [-0.3, -0.25) is 4.79 Å². The van der Waals surface area contributed by atoms with Gasteiger partial charge in [-0.1, -0.05) is 36.4 Å². The maximum atomic E-state index is 12.0. The second-order valence-corrected chi connectivity index (χ2v) is 6.91. The van der Waals surface area contributed by atoms with Crippen LogP contribution in [0.15, 0.2) is 42.5 Å². The van der Waals surface area contributed by atoms with Gasteiger partial charge >= 0.3 is 0 Å². The topological polar surface area (TPSA) is 38.3 Å². The van der Waals surface area contributed by atoms with Crippen molar-refractivity contribution in [1.82, 2.24) is 5.32 Å². The third-order valence-electron chi connectivity index (χ3n) is 3.91. The Morgan fingerprint density at radius 3 is 2.62 bits per heavy atom. The SMILES string of the molecule is COc1ccc(CC(=O)NCCSCc2ccccc2C)cc1C. The summed E-state index contributed by atoms with van der Waals surface area (Å²) in [4.78, 5) is 12.0. The van der Waals surface area contributed by atoms with Crippen molar-refractivity contribution in [3.05, 3.63) is 64.7 Å². The van der Waals surface area contributed by atoms with E-state index in [2.05, 4.69) is 36.5 Å². The molecule has 4 heteroatoms. The molecule has 0 unspecified atom stereocenters. The fraction of sp³-hybridized carbons (Fsp3) is 0.350. The van der Waals surface area contributed by atoms with Crippen molar-refractivity contribution in [2.45, 2.75) is 26.0 Å². The van der Waals surface area contributed by atoms with Gasteiger partial charge < -0.3 is 10.1 Å². The fourth-order valence-corrected chi connectivity index (χ4v) is 3.45. The molecular weight excluding hydrogens is 318 g/mol. The lowest BCUT2D eigenvalue weighted by Gasteiger charge is -2.09. The number of benzene rings is 2. The second kappa shape index (κ2) is 9.38. The van der Waals surface area contributed by atoms with Crippen LogP contribution in [0.5, 0.6) is 5.75 Å². The van der Waals surface area contributed by atoms with Gasteiger partial charge in [0.2, 0.25) is 5.91 Å². The molecule has 2 aromatic rings. The van der Waals surface area contributed by atoms with E-state index >= 15 is 0 Å². The molecule has 0 fully saturated rings. The minimum Gasteiger partial charge on any atom is -0.496 e. The van der Waals surface area contributed by atoms with Crippen molar-refractivity contribution in [3.8, 4) is 5.75 Å². The zero-order valence-electron chi connectivity index (χ0n) is 14.6. The van der Waals surface area contributed by atoms with E-state index in [0.29, 0.717) is 13.0 Å². The number of hydrogen-bond acceptors (Lipinski definition) is 3. The fourth-order valence-electron chi connectivity index (χ4n) is 2.52. The highest BCUT2D eigenvalue weighted by Gasteiger charge is 2.05. The van der Waals surface area contributed by atoms with Gasteiger partial charge in [-0.25, -0.2) is 0 Å². The molecule has 0 aliphatic carbocycles. The number of carbonyl (C=O) groups is 1. The Bertz CT molecular complexity index is 685. The van der Waals surface area contributed by atoms with Crippen LogP contribution in [-0.4, -0.2) is 25.3 Å². The molecule has 0 radical (unpaired) electrons. The van der Waals surface area contributed by atoms with Crippen LogP contribution in [0.2, 0.25) is 0 Å². The molecule has 0 aromatic heterocycles. The van der Waals surface area contributed by atoms with Crippen LogP contribution >= 0.6 is 11.8 Å². The van der Waals surface area contributed by atoms with Gasteiger partial charge in [0, 0.05) is 18.1 Å². The van der Waals surface area contributed by atoms with Gasteiger partial charge in [0.15, 0.2) is 0 Å². The Morgan fingerprint density at radius 2 is 1.92 bits per heavy atom. The summed E-state index contributed by atoms with van der Waals surface area (Å²) in [6.45, 7) is 4.82. The van der Waals surface area contributed by atoms with Crippen LogP contribution in [0.25, 0.3) is 0 Å². The van der Waals surface area contributed by atoms with Crippen molar-refractivity contribution in [2.24, 2.45) is 0 Å². The highest BCUT2D eigenvalue weighted by molar-refractivity contribution is 7.98. The molecule has 128 valence electrons. The molecule has 0 atom stereocenters. The van der Waals surface area contributed by atoms with Crippen LogP contribution in [0.4, 0.5) is 0 Å². The van der Waals surface area contributed by atoms with Crippen LogP contribution in [-0.2, 0) is 17.0 Å². The first-order valence-corrected chi connectivity index (χ1v) is 9.28. The van der Waals surface area contributed by atoms with E-state index in [1.165, 1.54) is 11.1 Å². The van der Waals surface area contributed by atoms with E-state index in [4.69, 9.17) is 4.74 Å². The van der Waals surface area contributed by atoms with E-state index < -0.39 is 0 Å². The van der Waals surface area contributed by atoms with Gasteiger partial charge in [-0.15, -0.1) is 0 Å². The summed E-state index contributed by atoms with van der Waals surface area (Å²) in [6, 6.07) is 14.3. The zero-order valence-corrected chi connectivity index (χ0v) is 15.4. The highest BCUT2D eigenvalue weighted by Crippen LogP contribution is 2.19. The lowest BCUT2D eigenvalue weighted by atomic mass is 10.1. The Morgan fingerprint density at radius 1 is 1.12 bits per heavy atom. The molecule has 0 saturated heterocycles.